The van der Waals surface area contributed by atoms with Crippen molar-refractivity contribution in [3.63, 3.8) is 0 Å². The fourth-order valence-corrected chi connectivity index (χ4v) is 2.57. The molecule has 0 aromatic carbocycles. The normalized spacial score (nSPS) is 19.8. The predicted octanol–water partition coefficient (Wildman–Crippen LogP) is 2.98. The molecular weight excluding hydrogens is 220 g/mol. The van der Waals surface area contributed by atoms with Crippen molar-refractivity contribution in [2.24, 2.45) is 5.92 Å². The molecule has 4 heteroatoms. The Hall–Kier alpha value is -1.29. The summed E-state index contributed by atoms with van der Waals surface area (Å²) in [4.78, 5) is 11.0. The topological polar surface area (TPSA) is 70.7 Å². The van der Waals surface area contributed by atoms with Gasteiger partial charge in [-0.3, -0.25) is 0 Å². The van der Waals surface area contributed by atoms with Gasteiger partial charge in [0, 0.05) is 0 Å². The van der Waals surface area contributed by atoms with Crippen molar-refractivity contribution in [2.45, 2.75) is 44.6 Å². The summed E-state index contributed by atoms with van der Waals surface area (Å²) in [5, 5.41) is 19.2. The number of aromatic carboxylic acids is 1. The summed E-state index contributed by atoms with van der Waals surface area (Å²) in [5.74, 6) is -0.701. The van der Waals surface area contributed by atoms with Crippen LogP contribution in [0, 0.1) is 5.92 Å². The third-order valence-electron chi connectivity index (χ3n) is 3.54. The molecule has 0 amide bonds. The maximum Gasteiger partial charge on any atom is 0.339 e. The van der Waals surface area contributed by atoms with E-state index >= 15 is 0 Å². The second-order valence-corrected chi connectivity index (χ2v) is 4.70. The molecule has 1 fully saturated rings. The molecule has 2 N–H and O–H groups in total. The molecule has 0 saturated heterocycles. The summed E-state index contributed by atoms with van der Waals surface area (Å²) in [6, 6.07) is 1.40. The number of carboxylic acid groups (broad SMARTS) is 1. The zero-order valence-corrected chi connectivity index (χ0v) is 9.76. The number of furan rings is 1. The summed E-state index contributed by atoms with van der Waals surface area (Å²) >= 11 is 0. The lowest BCUT2D eigenvalue weighted by Gasteiger charge is -2.19. The van der Waals surface area contributed by atoms with E-state index in [1.807, 2.05) is 0 Å². The van der Waals surface area contributed by atoms with Crippen LogP contribution in [-0.2, 0) is 0 Å². The van der Waals surface area contributed by atoms with E-state index in [2.05, 4.69) is 0 Å². The molecule has 1 atom stereocenters. The number of hydrogen-bond donors (Lipinski definition) is 2. The van der Waals surface area contributed by atoms with E-state index < -0.39 is 12.1 Å². The monoisotopic (exact) mass is 238 g/mol. The van der Waals surface area contributed by atoms with Crippen LogP contribution in [0.1, 0.15) is 60.7 Å². The molecular formula is C13H18O4. The van der Waals surface area contributed by atoms with Crippen LogP contribution in [0.2, 0.25) is 0 Å². The number of aliphatic hydroxyl groups excluding tert-OH is 1. The molecule has 1 saturated carbocycles. The molecule has 17 heavy (non-hydrogen) atoms. The second-order valence-electron chi connectivity index (χ2n) is 4.70. The van der Waals surface area contributed by atoms with Crippen LogP contribution in [0.15, 0.2) is 16.7 Å². The highest BCUT2D eigenvalue weighted by Crippen LogP contribution is 2.35. The number of carbonyl (C=O) groups is 1. The number of hydrogen-bond acceptors (Lipinski definition) is 3. The highest BCUT2D eigenvalue weighted by molar-refractivity contribution is 5.88. The maximum atomic E-state index is 11.0. The molecule has 4 nitrogen and oxygen atoms in total. The van der Waals surface area contributed by atoms with Gasteiger partial charge >= 0.3 is 5.97 Å². The van der Waals surface area contributed by atoms with Crippen molar-refractivity contribution in [3.8, 4) is 0 Å². The van der Waals surface area contributed by atoms with Gasteiger partial charge in [-0.1, -0.05) is 25.7 Å². The second kappa shape index (κ2) is 5.36. The SMILES string of the molecule is O=C(O)c1ccoc1C(O)C1CCCCCC1. The van der Waals surface area contributed by atoms with Crippen molar-refractivity contribution >= 4 is 5.97 Å². The van der Waals surface area contributed by atoms with Crippen molar-refractivity contribution in [1.29, 1.82) is 0 Å². The van der Waals surface area contributed by atoms with E-state index in [-0.39, 0.29) is 17.2 Å². The van der Waals surface area contributed by atoms with Gasteiger partial charge in [-0.05, 0) is 24.8 Å². The highest BCUT2D eigenvalue weighted by Gasteiger charge is 2.28. The Morgan fingerprint density at radius 1 is 1.29 bits per heavy atom. The number of rotatable bonds is 3. The first-order valence-electron chi connectivity index (χ1n) is 6.19. The standard InChI is InChI=1S/C13H18O4/c14-11(9-5-3-1-2-4-6-9)12-10(13(15)16)7-8-17-12/h7-9,11,14H,1-6H2,(H,15,16). The van der Waals surface area contributed by atoms with Crippen LogP contribution in [0.4, 0.5) is 0 Å². The Morgan fingerprint density at radius 2 is 1.94 bits per heavy atom. The number of aliphatic hydroxyl groups is 1. The first-order valence-corrected chi connectivity index (χ1v) is 6.19. The molecule has 0 spiro atoms. The molecule has 0 aliphatic heterocycles. The van der Waals surface area contributed by atoms with E-state index in [0.29, 0.717) is 0 Å². The molecule has 2 rings (SSSR count). The molecule has 94 valence electrons. The minimum Gasteiger partial charge on any atom is -0.478 e. The predicted molar refractivity (Wildman–Crippen MR) is 61.8 cm³/mol. The lowest BCUT2D eigenvalue weighted by molar-refractivity contribution is 0.0628. The van der Waals surface area contributed by atoms with Crippen molar-refractivity contribution in [1.82, 2.24) is 0 Å². The minimum atomic E-state index is -1.04. The van der Waals surface area contributed by atoms with Gasteiger partial charge in [0.15, 0.2) is 0 Å². The van der Waals surface area contributed by atoms with E-state index in [1.54, 1.807) is 0 Å². The quantitative estimate of drug-likeness (QED) is 0.794. The van der Waals surface area contributed by atoms with Gasteiger partial charge in [0.1, 0.15) is 17.4 Å². The van der Waals surface area contributed by atoms with Gasteiger partial charge in [0.25, 0.3) is 0 Å². The molecule has 0 bridgehead atoms. The van der Waals surface area contributed by atoms with Crippen LogP contribution in [0.3, 0.4) is 0 Å². The Labute approximate surface area is 100 Å². The fraction of sp³-hybridized carbons (Fsp3) is 0.615. The highest BCUT2D eigenvalue weighted by atomic mass is 16.4. The van der Waals surface area contributed by atoms with Crippen LogP contribution >= 0.6 is 0 Å². The average Bonchev–Trinajstić information content (AvgIpc) is 2.64. The van der Waals surface area contributed by atoms with E-state index in [1.165, 1.54) is 25.2 Å². The largest absolute Gasteiger partial charge is 0.478 e. The lowest BCUT2D eigenvalue weighted by Crippen LogP contribution is -2.14. The molecule has 1 aromatic rings. The summed E-state index contributed by atoms with van der Waals surface area (Å²) in [7, 11) is 0. The summed E-state index contributed by atoms with van der Waals surface area (Å²) in [5.41, 5.74) is 0.0850. The van der Waals surface area contributed by atoms with Crippen molar-refractivity contribution in [3.05, 3.63) is 23.7 Å². The van der Waals surface area contributed by atoms with Gasteiger partial charge in [0.05, 0.1) is 6.26 Å². The lowest BCUT2D eigenvalue weighted by atomic mass is 9.91. The average molecular weight is 238 g/mol. The smallest absolute Gasteiger partial charge is 0.339 e. The van der Waals surface area contributed by atoms with Gasteiger partial charge in [-0.25, -0.2) is 4.79 Å². The van der Waals surface area contributed by atoms with E-state index in [0.717, 1.165) is 25.7 Å². The van der Waals surface area contributed by atoms with Crippen LogP contribution < -0.4 is 0 Å². The van der Waals surface area contributed by atoms with Gasteiger partial charge in [0.2, 0.25) is 0 Å². The zero-order chi connectivity index (χ0) is 12.3. The molecule has 0 radical (unpaired) electrons. The molecule has 1 aliphatic carbocycles. The van der Waals surface area contributed by atoms with Crippen LogP contribution in [0.25, 0.3) is 0 Å². The minimum absolute atomic E-state index is 0.0850. The molecule has 1 heterocycles. The Kier molecular flexibility index (Phi) is 3.84. The Balaban J connectivity index is 2.14. The summed E-state index contributed by atoms with van der Waals surface area (Å²) in [6.45, 7) is 0. The third-order valence-corrected chi connectivity index (χ3v) is 3.54. The molecule has 1 unspecified atom stereocenters. The van der Waals surface area contributed by atoms with Crippen molar-refractivity contribution in [2.75, 3.05) is 0 Å². The molecule has 1 aliphatic rings. The van der Waals surface area contributed by atoms with Crippen LogP contribution in [0.5, 0.6) is 0 Å². The van der Waals surface area contributed by atoms with E-state index in [9.17, 15) is 9.90 Å². The summed E-state index contributed by atoms with van der Waals surface area (Å²) in [6.07, 6.45) is 7.05. The van der Waals surface area contributed by atoms with Crippen molar-refractivity contribution < 1.29 is 19.4 Å². The van der Waals surface area contributed by atoms with E-state index in [4.69, 9.17) is 9.52 Å². The van der Waals surface area contributed by atoms with Gasteiger partial charge < -0.3 is 14.6 Å². The Bertz CT molecular complexity index is 375. The Morgan fingerprint density at radius 3 is 2.53 bits per heavy atom. The van der Waals surface area contributed by atoms with Gasteiger partial charge in [-0.15, -0.1) is 0 Å². The third kappa shape index (κ3) is 2.69. The zero-order valence-electron chi connectivity index (χ0n) is 9.76. The van der Waals surface area contributed by atoms with Crippen LogP contribution in [-0.4, -0.2) is 16.2 Å². The first-order chi connectivity index (χ1) is 8.20. The molecule has 1 aromatic heterocycles. The van der Waals surface area contributed by atoms with Gasteiger partial charge in [-0.2, -0.15) is 0 Å². The first kappa shape index (κ1) is 12.2. The number of carboxylic acids is 1. The maximum absolute atomic E-state index is 11.0. The fourth-order valence-electron chi connectivity index (χ4n) is 2.57. The summed E-state index contributed by atoms with van der Waals surface area (Å²) < 4.78 is 5.15.